The summed E-state index contributed by atoms with van der Waals surface area (Å²) in [6.07, 6.45) is 7.32. The topological polar surface area (TPSA) is 18.5 Å². The standard InChI is InChI=1S/C11H18O2/c1-3-9-4-2-8(1)7-10(9)11-12-5-6-13-11/h8-11H,1-7H2. The van der Waals surface area contributed by atoms with E-state index in [1.54, 1.807) is 0 Å². The van der Waals surface area contributed by atoms with Gasteiger partial charge in [-0.25, -0.2) is 0 Å². The summed E-state index contributed by atoms with van der Waals surface area (Å²) in [6.45, 7) is 1.64. The van der Waals surface area contributed by atoms with Gasteiger partial charge in [0.1, 0.15) is 0 Å². The third-order valence-electron chi connectivity index (χ3n) is 4.10. The van der Waals surface area contributed by atoms with Gasteiger partial charge in [0.05, 0.1) is 13.2 Å². The van der Waals surface area contributed by atoms with Crippen molar-refractivity contribution in [3.63, 3.8) is 0 Å². The average Bonchev–Trinajstić information content (AvgIpc) is 2.72. The molecule has 74 valence electrons. The second-order valence-corrected chi connectivity index (χ2v) is 4.79. The van der Waals surface area contributed by atoms with Crippen LogP contribution in [0.3, 0.4) is 0 Å². The fourth-order valence-electron chi connectivity index (χ4n) is 3.39. The summed E-state index contributed by atoms with van der Waals surface area (Å²) in [5.74, 6) is 2.63. The Morgan fingerprint density at radius 1 is 0.846 bits per heavy atom. The minimum atomic E-state index is 0.160. The van der Waals surface area contributed by atoms with Gasteiger partial charge in [0.2, 0.25) is 0 Å². The van der Waals surface area contributed by atoms with Crippen molar-refractivity contribution >= 4 is 0 Å². The monoisotopic (exact) mass is 182 g/mol. The number of hydrogen-bond acceptors (Lipinski definition) is 2. The van der Waals surface area contributed by atoms with E-state index >= 15 is 0 Å². The van der Waals surface area contributed by atoms with Crippen LogP contribution in [0, 0.1) is 17.8 Å². The smallest absolute Gasteiger partial charge is 0.160 e. The molecule has 1 atom stereocenters. The lowest BCUT2D eigenvalue weighted by Crippen LogP contribution is -2.38. The van der Waals surface area contributed by atoms with Crippen LogP contribution in [0.15, 0.2) is 0 Å². The van der Waals surface area contributed by atoms with Crippen LogP contribution >= 0.6 is 0 Å². The highest BCUT2D eigenvalue weighted by molar-refractivity contribution is 4.88. The normalized spacial score (nSPS) is 45.7. The number of ether oxygens (including phenoxy) is 2. The zero-order chi connectivity index (χ0) is 8.67. The lowest BCUT2D eigenvalue weighted by atomic mass is 9.64. The highest BCUT2D eigenvalue weighted by Gasteiger charge is 2.41. The Kier molecular flexibility index (Phi) is 2.06. The Hall–Kier alpha value is -0.0800. The molecule has 13 heavy (non-hydrogen) atoms. The van der Waals surface area contributed by atoms with Crippen molar-refractivity contribution < 1.29 is 9.47 Å². The van der Waals surface area contributed by atoms with E-state index in [2.05, 4.69) is 0 Å². The van der Waals surface area contributed by atoms with Gasteiger partial charge >= 0.3 is 0 Å². The van der Waals surface area contributed by atoms with Crippen molar-refractivity contribution in [1.29, 1.82) is 0 Å². The fraction of sp³-hybridized carbons (Fsp3) is 1.00. The first-order chi connectivity index (χ1) is 6.43. The summed E-state index contributed by atoms with van der Waals surface area (Å²) in [5.41, 5.74) is 0. The first-order valence-electron chi connectivity index (χ1n) is 5.66. The first kappa shape index (κ1) is 8.25. The predicted molar refractivity (Wildman–Crippen MR) is 49.2 cm³/mol. The molecule has 2 nitrogen and oxygen atoms in total. The van der Waals surface area contributed by atoms with Gasteiger partial charge in [-0.05, 0) is 31.1 Å². The van der Waals surface area contributed by atoms with Gasteiger partial charge in [0.15, 0.2) is 6.29 Å². The van der Waals surface area contributed by atoms with Crippen molar-refractivity contribution in [2.45, 2.75) is 38.4 Å². The molecule has 3 saturated carbocycles. The molecule has 1 heterocycles. The Morgan fingerprint density at radius 3 is 2.08 bits per heavy atom. The summed E-state index contributed by atoms with van der Waals surface area (Å²) in [7, 11) is 0. The molecule has 2 heteroatoms. The summed E-state index contributed by atoms with van der Waals surface area (Å²) in [5, 5.41) is 0. The van der Waals surface area contributed by atoms with Gasteiger partial charge < -0.3 is 9.47 Å². The van der Waals surface area contributed by atoms with Crippen LogP contribution in [0.1, 0.15) is 32.1 Å². The summed E-state index contributed by atoms with van der Waals surface area (Å²) >= 11 is 0. The van der Waals surface area contributed by atoms with Crippen LogP contribution in [0.5, 0.6) is 0 Å². The van der Waals surface area contributed by atoms with Gasteiger partial charge in [0.25, 0.3) is 0 Å². The van der Waals surface area contributed by atoms with Crippen LogP contribution in [-0.4, -0.2) is 19.5 Å². The molecule has 1 aliphatic heterocycles. The highest BCUT2D eigenvalue weighted by atomic mass is 16.7. The molecule has 3 aliphatic carbocycles. The molecule has 4 aliphatic rings. The molecule has 4 fully saturated rings. The van der Waals surface area contributed by atoms with Gasteiger partial charge in [0, 0.05) is 5.92 Å². The zero-order valence-corrected chi connectivity index (χ0v) is 8.08. The molecule has 0 radical (unpaired) electrons. The summed E-state index contributed by atoms with van der Waals surface area (Å²) < 4.78 is 11.2. The highest BCUT2D eigenvalue weighted by Crippen LogP contribution is 2.47. The molecule has 4 rings (SSSR count). The maximum atomic E-state index is 5.62. The van der Waals surface area contributed by atoms with E-state index in [9.17, 15) is 0 Å². The van der Waals surface area contributed by atoms with Gasteiger partial charge in [-0.1, -0.05) is 12.8 Å². The van der Waals surface area contributed by atoms with Gasteiger partial charge in [-0.3, -0.25) is 0 Å². The second kappa shape index (κ2) is 3.25. The molecule has 0 aromatic heterocycles. The van der Waals surface area contributed by atoms with Crippen LogP contribution in [0.2, 0.25) is 0 Å². The van der Waals surface area contributed by atoms with Gasteiger partial charge in [-0.15, -0.1) is 0 Å². The van der Waals surface area contributed by atoms with Crippen molar-refractivity contribution in [2.24, 2.45) is 17.8 Å². The number of hydrogen-bond donors (Lipinski definition) is 0. The van der Waals surface area contributed by atoms with Crippen LogP contribution in [0.25, 0.3) is 0 Å². The molecule has 1 saturated heterocycles. The molecule has 0 amide bonds. The Morgan fingerprint density at radius 2 is 1.54 bits per heavy atom. The lowest BCUT2D eigenvalue weighted by molar-refractivity contribution is -0.127. The quantitative estimate of drug-likeness (QED) is 0.619. The van der Waals surface area contributed by atoms with E-state index in [0.29, 0.717) is 0 Å². The van der Waals surface area contributed by atoms with Crippen molar-refractivity contribution in [2.75, 3.05) is 13.2 Å². The number of fused-ring (bicyclic) bond motifs is 3. The average molecular weight is 182 g/mol. The first-order valence-corrected chi connectivity index (χ1v) is 5.66. The van der Waals surface area contributed by atoms with Crippen molar-refractivity contribution in [3.05, 3.63) is 0 Å². The van der Waals surface area contributed by atoms with Crippen LogP contribution < -0.4 is 0 Å². The Labute approximate surface area is 79.6 Å². The maximum Gasteiger partial charge on any atom is 0.160 e. The van der Waals surface area contributed by atoms with Crippen LogP contribution in [-0.2, 0) is 9.47 Å². The van der Waals surface area contributed by atoms with E-state index in [0.717, 1.165) is 31.0 Å². The molecular formula is C11H18O2. The minimum Gasteiger partial charge on any atom is -0.350 e. The van der Waals surface area contributed by atoms with E-state index < -0.39 is 0 Å². The summed E-state index contributed by atoms with van der Waals surface area (Å²) in [6, 6.07) is 0. The zero-order valence-electron chi connectivity index (χ0n) is 8.08. The van der Waals surface area contributed by atoms with Crippen molar-refractivity contribution in [3.8, 4) is 0 Å². The van der Waals surface area contributed by atoms with Crippen molar-refractivity contribution in [1.82, 2.24) is 0 Å². The SMILES string of the molecule is C1COC(C2CC3CCC2CC3)O1. The minimum absolute atomic E-state index is 0.160. The van der Waals surface area contributed by atoms with E-state index in [1.165, 1.54) is 32.1 Å². The van der Waals surface area contributed by atoms with E-state index in [-0.39, 0.29) is 6.29 Å². The molecular weight excluding hydrogens is 164 g/mol. The molecule has 0 N–H and O–H groups in total. The third kappa shape index (κ3) is 1.40. The largest absolute Gasteiger partial charge is 0.350 e. The Bertz CT molecular complexity index is 177. The number of rotatable bonds is 1. The molecule has 0 aromatic rings. The maximum absolute atomic E-state index is 5.62. The molecule has 0 spiro atoms. The van der Waals surface area contributed by atoms with Gasteiger partial charge in [-0.2, -0.15) is 0 Å². The predicted octanol–water partition coefficient (Wildman–Crippen LogP) is 2.19. The third-order valence-corrected chi connectivity index (χ3v) is 4.10. The molecule has 0 aromatic carbocycles. The fourth-order valence-corrected chi connectivity index (χ4v) is 3.39. The van der Waals surface area contributed by atoms with E-state index in [1.807, 2.05) is 0 Å². The lowest BCUT2D eigenvalue weighted by Gasteiger charge is -2.43. The van der Waals surface area contributed by atoms with E-state index in [4.69, 9.17) is 9.47 Å². The Balaban J connectivity index is 1.70. The second-order valence-electron chi connectivity index (χ2n) is 4.79. The molecule has 1 unspecified atom stereocenters. The summed E-state index contributed by atoms with van der Waals surface area (Å²) in [4.78, 5) is 0. The molecule has 2 bridgehead atoms. The van der Waals surface area contributed by atoms with Crippen LogP contribution in [0.4, 0.5) is 0 Å².